The highest BCUT2D eigenvalue weighted by atomic mass is 79.9. The molecular weight excluding hydrogens is 354 g/mol. The predicted molar refractivity (Wildman–Crippen MR) is 87.8 cm³/mol. The summed E-state index contributed by atoms with van der Waals surface area (Å²) in [5.74, 6) is -0.239. The highest BCUT2D eigenvalue weighted by Gasteiger charge is 2.19. The number of carbonyl (C=O) groups is 1. The number of nitrogens with zero attached hydrogens (tertiary/aromatic N) is 2. The number of pyridine rings is 2. The van der Waals surface area contributed by atoms with Crippen LogP contribution in [0.15, 0.2) is 35.1 Å². The number of hydrogen-bond donors (Lipinski definition) is 1. The Morgan fingerprint density at radius 3 is 2.67 bits per heavy atom. The average molecular weight is 369 g/mol. The highest BCUT2D eigenvalue weighted by molar-refractivity contribution is 9.10. The molecule has 0 saturated carbocycles. The van der Waals surface area contributed by atoms with Crippen LogP contribution < -0.4 is 5.32 Å². The Kier molecular flexibility index (Phi) is 4.64. The fourth-order valence-corrected chi connectivity index (χ4v) is 2.24. The van der Waals surface area contributed by atoms with Crippen LogP contribution in [0, 0.1) is 0 Å². The second kappa shape index (κ2) is 6.12. The van der Waals surface area contributed by atoms with Crippen LogP contribution in [0.2, 0.25) is 5.15 Å². The van der Waals surface area contributed by atoms with E-state index in [4.69, 9.17) is 11.6 Å². The zero-order valence-corrected chi connectivity index (χ0v) is 14.3. The lowest BCUT2D eigenvalue weighted by Gasteiger charge is -2.18. The predicted octanol–water partition coefficient (Wildman–Crippen LogP) is 4.44. The van der Waals surface area contributed by atoms with Gasteiger partial charge >= 0.3 is 0 Å². The summed E-state index contributed by atoms with van der Waals surface area (Å²) in [6.07, 6.45) is 3.23. The van der Waals surface area contributed by atoms with Crippen molar-refractivity contribution in [1.29, 1.82) is 0 Å². The molecule has 110 valence electrons. The maximum absolute atomic E-state index is 12.4. The van der Waals surface area contributed by atoms with Crippen LogP contribution in [0.4, 0.5) is 5.69 Å². The largest absolute Gasteiger partial charge is 0.321 e. The van der Waals surface area contributed by atoms with Crippen molar-refractivity contribution < 1.29 is 4.79 Å². The summed E-state index contributed by atoms with van der Waals surface area (Å²) in [4.78, 5) is 20.6. The summed E-state index contributed by atoms with van der Waals surface area (Å²) < 4.78 is 0.717. The molecule has 2 rings (SSSR count). The third kappa shape index (κ3) is 4.02. The molecule has 1 N–H and O–H groups in total. The Bertz CT molecular complexity index is 683. The molecule has 6 heteroatoms. The second-order valence-electron chi connectivity index (χ2n) is 5.62. The van der Waals surface area contributed by atoms with Gasteiger partial charge in [0.15, 0.2) is 0 Å². The maximum Gasteiger partial charge on any atom is 0.255 e. The zero-order chi connectivity index (χ0) is 15.6. The summed E-state index contributed by atoms with van der Waals surface area (Å²) >= 11 is 9.37. The lowest BCUT2D eigenvalue weighted by molar-refractivity contribution is 0.102. The van der Waals surface area contributed by atoms with Gasteiger partial charge in [0.05, 0.1) is 10.2 Å². The summed E-state index contributed by atoms with van der Waals surface area (Å²) in [5, 5.41) is 3.13. The van der Waals surface area contributed by atoms with Gasteiger partial charge in [-0.2, -0.15) is 0 Å². The van der Waals surface area contributed by atoms with Gasteiger partial charge in [0.2, 0.25) is 0 Å². The lowest BCUT2D eigenvalue weighted by atomic mass is 9.91. The van der Waals surface area contributed by atoms with E-state index in [1.165, 1.54) is 0 Å². The van der Waals surface area contributed by atoms with Crippen LogP contribution in [0.3, 0.4) is 0 Å². The van der Waals surface area contributed by atoms with Crippen LogP contribution in [-0.2, 0) is 5.41 Å². The van der Waals surface area contributed by atoms with E-state index in [0.29, 0.717) is 16.4 Å². The van der Waals surface area contributed by atoms with Crippen molar-refractivity contribution in [3.8, 4) is 0 Å². The molecule has 0 radical (unpaired) electrons. The average Bonchev–Trinajstić information content (AvgIpc) is 2.39. The molecular formula is C15H15BrClN3O. The Balaban J connectivity index is 2.32. The van der Waals surface area contributed by atoms with E-state index in [9.17, 15) is 4.79 Å². The molecule has 21 heavy (non-hydrogen) atoms. The monoisotopic (exact) mass is 367 g/mol. The fraction of sp³-hybridized carbons (Fsp3) is 0.267. The molecule has 0 spiro atoms. The van der Waals surface area contributed by atoms with Crippen LogP contribution >= 0.6 is 27.5 Å². The molecule has 1 amide bonds. The standard InChI is InChI=1S/C15H15BrClN3O/c1-15(2,3)12-6-9(7-13(17)20-12)14(21)19-11-4-5-18-8-10(11)16/h4-8H,1-3H3,(H,18,19,21). The molecule has 2 aromatic heterocycles. The van der Waals surface area contributed by atoms with E-state index in [1.807, 2.05) is 20.8 Å². The summed E-state index contributed by atoms with van der Waals surface area (Å²) in [6.45, 7) is 6.06. The number of amides is 1. The van der Waals surface area contributed by atoms with E-state index in [0.717, 1.165) is 10.2 Å². The molecule has 0 aliphatic heterocycles. The van der Waals surface area contributed by atoms with E-state index in [1.54, 1.807) is 30.6 Å². The minimum atomic E-state index is -0.239. The van der Waals surface area contributed by atoms with Gasteiger partial charge in [0.1, 0.15) is 5.15 Å². The van der Waals surface area contributed by atoms with Crippen molar-refractivity contribution in [3.05, 3.63) is 51.5 Å². The summed E-state index contributed by atoms with van der Waals surface area (Å²) in [7, 11) is 0. The van der Waals surface area contributed by atoms with E-state index in [2.05, 4.69) is 31.2 Å². The number of carbonyl (C=O) groups excluding carboxylic acids is 1. The van der Waals surface area contributed by atoms with Crippen LogP contribution in [-0.4, -0.2) is 15.9 Å². The first kappa shape index (κ1) is 15.9. The van der Waals surface area contributed by atoms with Crippen LogP contribution in [0.5, 0.6) is 0 Å². The maximum atomic E-state index is 12.4. The van der Waals surface area contributed by atoms with Crippen molar-refractivity contribution >= 4 is 39.1 Å². The number of anilines is 1. The Hall–Kier alpha value is -1.46. The third-order valence-corrected chi connectivity index (χ3v) is 3.67. The van der Waals surface area contributed by atoms with Crippen molar-refractivity contribution in [3.63, 3.8) is 0 Å². The SMILES string of the molecule is CC(C)(C)c1cc(C(=O)Nc2ccncc2Br)cc(Cl)n1. The summed E-state index contributed by atoms with van der Waals surface area (Å²) in [5.41, 5.74) is 1.72. The van der Waals surface area contributed by atoms with Crippen LogP contribution in [0.1, 0.15) is 36.8 Å². The molecule has 0 bridgehead atoms. The van der Waals surface area contributed by atoms with Crippen molar-refractivity contribution in [2.45, 2.75) is 26.2 Å². The van der Waals surface area contributed by atoms with Crippen molar-refractivity contribution in [2.24, 2.45) is 0 Å². The molecule has 0 fully saturated rings. The fourth-order valence-electron chi connectivity index (χ4n) is 1.68. The highest BCUT2D eigenvalue weighted by Crippen LogP contribution is 2.25. The first-order valence-corrected chi connectivity index (χ1v) is 7.53. The first-order valence-electron chi connectivity index (χ1n) is 6.36. The molecule has 0 aromatic carbocycles. The molecule has 0 aliphatic carbocycles. The Morgan fingerprint density at radius 1 is 1.33 bits per heavy atom. The normalized spacial score (nSPS) is 11.3. The van der Waals surface area contributed by atoms with Gasteiger partial charge in [-0.25, -0.2) is 4.98 Å². The van der Waals surface area contributed by atoms with Crippen molar-refractivity contribution in [2.75, 3.05) is 5.32 Å². The van der Waals surface area contributed by atoms with Crippen molar-refractivity contribution in [1.82, 2.24) is 9.97 Å². The van der Waals surface area contributed by atoms with Gasteiger partial charge in [-0.1, -0.05) is 32.4 Å². The molecule has 2 heterocycles. The second-order valence-corrected chi connectivity index (χ2v) is 6.87. The zero-order valence-electron chi connectivity index (χ0n) is 11.9. The molecule has 2 aromatic rings. The van der Waals surface area contributed by atoms with E-state index in [-0.39, 0.29) is 11.3 Å². The molecule has 0 saturated heterocycles. The number of aromatic nitrogens is 2. The Morgan fingerprint density at radius 2 is 2.05 bits per heavy atom. The number of rotatable bonds is 2. The molecule has 4 nitrogen and oxygen atoms in total. The first-order chi connectivity index (χ1) is 9.77. The minimum Gasteiger partial charge on any atom is -0.321 e. The van der Waals surface area contributed by atoms with Gasteiger partial charge in [-0.15, -0.1) is 0 Å². The van der Waals surface area contributed by atoms with Gasteiger partial charge < -0.3 is 5.32 Å². The smallest absolute Gasteiger partial charge is 0.255 e. The minimum absolute atomic E-state index is 0.183. The van der Waals surface area contributed by atoms with Crippen LogP contribution in [0.25, 0.3) is 0 Å². The molecule has 0 aliphatic rings. The van der Waals surface area contributed by atoms with Gasteiger partial charge in [0.25, 0.3) is 5.91 Å². The Labute approximate surface area is 137 Å². The van der Waals surface area contributed by atoms with E-state index < -0.39 is 0 Å². The third-order valence-electron chi connectivity index (χ3n) is 2.85. The lowest BCUT2D eigenvalue weighted by Crippen LogP contribution is -2.17. The summed E-state index contributed by atoms with van der Waals surface area (Å²) in [6, 6.07) is 5.03. The van der Waals surface area contributed by atoms with E-state index >= 15 is 0 Å². The van der Waals surface area contributed by atoms with Gasteiger partial charge in [0, 0.05) is 29.1 Å². The topological polar surface area (TPSA) is 54.9 Å². The van der Waals surface area contributed by atoms with Gasteiger partial charge in [-0.3, -0.25) is 9.78 Å². The number of nitrogens with one attached hydrogen (secondary N) is 1. The quantitative estimate of drug-likeness (QED) is 0.797. The van der Waals surface area contributed by atoms with Gasteiger partial charge in [-0.05, 0) is 34.1 Å². The number of halogens is 2. The number of hydrogen-bond acceptors (Lipinski definition) is 3. The molecule has 0 atom stereocenters. The molecule has 0 unspecified atom stereocenters.